The zero-order chi connectivity index (χ0) is 8.27. The number of rotatable bonds is 2. The molecule has 0 saturated heterocycles. The fourth-order valence-corrected chi connectivity index (χ4v) is 0.886. The molecule has 0 aliphatic heterocycles. The van der Waals surface area contributed by atoms with Gasteiger partial charge in [-0.1, -0.05) is 6.92 Å². The summed E-state index contributed by atoms with van der Waals surface area (Å²) in [5.74, 6) is -0.0955. The van der Waals surface area contributed by atoms with Crippen molar-refractivity contribution in [1.82, 2.24) is 0 Å². The van der Waals surface area contributed by atoms with E-state index in [2.05, 4.69) is 4.74 Å². The van der Waals surface area contributed by atoms with Gasteiger partial charge < -0.3 is 9.15 Å². The molecular weight excluding hydrogens is 144 g/mol. The Labute approximate surface area is 65.0 Å². The quantitative estimate of drug-likeness (QED) is 0.608. The average molecular weight is 154 g/mol. The van der Waals surface area contributed by atoms with Gasteiger partial charge in [-0.25, -0.2) is 4.79 Å². The Morgan fingerprint density at radius 3 is 3.00 bits per heavy atom. The third kappa shape index (κ3) is 1.42. The molecule has 1 rings (SSSR count). The lowest BCUT2D eigenvalue weighted by Crippen LogP contribution is -2.01. The molecule has 3 nitrogen and oxygen atoms in total. The van der Waals surface area contributed by atoms with E-state index in [1.54, 1.807) is 6.07 Å². The molecule has 0 bridgehead atoms. The Balaban J connectivity index is 2.92. The summed E-state index contributed by atoms with van der Waals surface area (Å²) in [6, 6.07) is 1.77. The van der Waals surface area contributed by atoms with E-state index < -0.39 is 5.97 Å². The van der Waals surface area contributed by atoms with Crippen molar-refractivity contribution in [3.05, 3.63) is 23.7 Å². The van der Waals surface area contributed by atoms with Crippen molar-refractivity contribution in [3.63, 3.8) is 0 Å². The smallest absolute Gasteiger partial charge is 0.374 e. The highest BCUT2D eigenvalue weighted by atomic mass is 16.5. The number of carbonyl (C=O) groups excluding carboxylic acids is 1. The molecule has 0 saturated carbocycles. The van der Waals surface area contributed by atoms with Crippen molar-refractivity contribution in [2.45, 2.75) is 13.3 Å². The molecule has 3 heteroatoms. The van der Waals surface area contributed by atoms with Crippen LogP contribution in [0.3, 0.4) is 0 Å². The first-order chi connectivity index (χ1) is 5.29. The Kier molecular flexibility index (Phi) is 2.31. The van der Waals surface area contributed by atoms with E-state index in [9.17, 15) is 4.79 Å². The maximum absolute atomic E-state index is 10.9. The van der Waals surface area contributed by atoms with E-state index in [-0.39, 0.29) is 0 Å². The number of furan rings is 1. The minimum atomic E-state index is -0.410. The van der Waals surface area contributed by atoms with Gasteiger partial charge in [0.05, 0.1) is 13.4 Å². The molecule has 0 unspecified atom stereocenters. The average Bonchev–Trinajstić information content (AvgIpc) is 2.50. The highest BCUT2D eigenvalue weighted by molar-refractivity contribution is 5.87. The van der Waals surface area contributed by atoms with Gasteiger partial charge in [-0.2, -0.15) is 0 Å². The lowest BCUT2D eigenvalue weighted by Gasteiger charge is -1.95. The monoisotopic (exact) mass is 154 g/mol. The van der Waals surface area contributed by atoms with Crippen LogP contribution in [0.25, 0.3) is 0 Å². The number of hydrogen-bond donors (Lipinski definition) is 0. The number of carbonyl (C=O) groups is 1. The van der Waals surface area contributed by atoms with E-state index in [0.717, 1.165) is 12.0 Å². The molecule has 0 fully saturated rings. The molecule has 0 N–H and O–H groups in total. The van der Waals surface area contributed by atoms with Crippen LogP contribution in [0.15, 0.2) is 16.7 Å². The molecule has 1 aromatic heterocycles. The largest absolute Gasteiger partial charge is 0.463 e. The summed E-state index contributed by atoms with van der Waals surface area (Å²) in [4.78, 5) is 10.9. The normalized spacial score (nSPS) is 9.64. The first kappa shape index (κ1) is 7.85. The van der Waals surface area contributed by atoms with Crippen molar-refractivity contribution in [2.24, 2.45) is 0 Å². The second kappa shape index (κ2) is 3.23. The van der Waals surface area contributed by atoms with Crippen LogP contribution in [0.2, 0.25) is 0 Å². The maximum atomic E-state index is 10.9. The summed E-state index contributed by atoms with van der Waals surface area (Å²) >= 11 is 0. The zero-order valence-electron chi connectivity index (χ0n) is 6.59. The standard InChI is InChI=1S/C8H10O3/c1-3-6-4-5-11-7(6)8(9)10-2/h4-5H,3H2,1-2H3. The molecule has 0 radical (unpaired) electrons. The number of esters is 1. The van der Waals surface area contributed by atoms with E-state index >= 15 is 0 Å². The summed E-state index contributed by atoms with van der Waals surface area (Å²) in [5, 5.41) is 0. The summed E-state index contributed by atoms with van der Waals surface area (Å²) in [6.45, 7) is 1.96. The SMILES string of the molecule is CCc1ccoc1C(=O)OC. The fourth-order valence-electron chi connectivity index (χ4n) is 0.886. The van der Waals surface area contributed by atoms with Gasteiger partial charge >= 0.3 is 5.97 Å². The number of aryl methyl sites for hydroxylation is 1. The first-order valence-electron chi connectivity index (χ1n) is 3.44. The minimum Gasteiger partial charge on any atom is -0.463 e. The zero-order valence-corrected chi connectivity index (χ0v) is 6.59. The van der Waals surface area contributed by atoms with E-state index in [4.69, 9.17) is 4.42 Å². The summed E-state index contributed by atoms with van der Waals surface area (Å²) in [7, 11) is 1.34. The maximum Gasteiger partial charge on any atom is 0.374 e. The second-order valence-electron chi connectivity index (χ2n) is 2.12. The molecule has 0 aliphatic rings. The fraction of sp³-hybridized carbons (Fsp3) is 0.375. The van der Waals surface area contributed by atoms with E-state index in [0.29, 0.717) is 5.76 Å². The van der Waals surface area contributed by atoms with Crippen LogP contribution in [0.5, 0.6) is 0 Å². The highest BCUT2D eigenvalue weighted by Gasteiger charge is 2.13. The molecule has 0 aliphatic carbocycles. The minimum absolute atomic E-state index is 0.315. The lowest BCUT2D eigenvalue weighted by molar-refractivity contribution is 0.0563. The van der Waals surface area contributed by atoms with Crippen molar-refractivity contribution < 1.29 is 13.9 Å². The van der Waals surface area contributed by atoms with Crippen LogP contribution >= 0.6 is 0 Å². The molecule has 0 aromatic carbocycles. The molecule has 1 aromatic rings. The van der Waals surface area contributed by atoms with Gasteiger partial charge in [0.15, 0.2) is 0 Å². The van der Waals surface area contributed by atoms with Gasteiger partial charge in [-0.15, -0.1) is 0 Å². The Morgan fingerprint density at radius 2 is 2.45 bits per heavy atom. The van der Waals surface area contributed by atoms with E-state index in [1.807, 2.05) is 6.92 Å². The molecule has 1 heterocycles. The van der Waals surface area contributed by atoms with Crippen LogP contribution < -0.4 is 0 Å². The van der Waals surface area contributed by atoms with Gasteiger partial charge in [0.2, 0.25) is 5.76 Å². The summed E-state index contributed by atoms with van der Waals surface area (Å²) in [6.07, 6.45) is 2.27. The molecule has 0 amide bonds. The summed E-state index contributed by atoms with van der Waals surface area (Å²) in [5.41, 5.74) is 0.886. The second-order valence-corrected chi connectivity index (χ2v) is 2.12. The molecular formula is C8H10O3. The lowest BCUT2D eigenvalue weighted by atomic mass is 10.2. The number of hydrogen-bond acceptors (Lipinski definition) is 3. The van der Waals surface area contributed by atoms with Crippen molar-refractivity contribution in [1.29, 1.82) is 0 Å². The Bertz CT molecular complexity index is 250. The molecule has 11 heavy (non-hydrogen) atoms. The van der Waals surface area contributed by atoms with Crippen LogP contribution in [0.1, 0.15) is 23.0 Å². The Hall–Kier alpha value is -1.25. The molecule has 0 spiro atoms. The predicted octanol–water partition coefficient (Wildman–Crippen LogP) is 1.63. The number of ether oxygens (including phenoxy) is 1. The molecule has 60 valence electrons. The van der Waals surface area contributed by atoms with Crippen molar-refractivity contribution in [3.8, 4) is 0 Å². The Morgan fingerprint density at radius 1 is 1.73 bits per heavy atom. The van der Waals surface area contributed by atoms with Gasteiger partial charge in [-0.3, -0.25) is 0 Å². The highest BCUT2D eigenvalue weighted by Crippen LogP contribution is 2.11. The third-order valence-corrected chi connectivity index (χ3v) is 1.50. The summed E-state index contributed by atoms with van der Waals surface area (Å²) < 4.78 is 9.44. The van der Waals surface area contributed by atoms with Crippen LogP contribution in [-0.4, -0.2) is 13.1 Å². The molecule has 0 atom stereocenters. The van der Waals surface area contributed by atoms with Gasteiger partial charge in [0.1, 0.15) is 0 Å². The van der Waals surface area contributed by atoms with Crippen LogP contribution in [0.4, 0.5) is 0 Å². The topological polar surface area (TPSA) is 39.4 Å². The van der Waals surface area contributed by atoms with Gasteiger partial charge in [-0.05, 0) is 12.5 Å². The first-order valence-corrected chi connectivity index (χ1v) is 3.44. The number of methoxy groups -OCH3 is 1. The van der Waals surface area contributed by atoms with Crippen molar-refractivity contribution in [2.75, 3.05) is 7.11 Å². The predicted molar refractivity (Wildman–Crippen MR) is 39.4 cm³/mol. The van der Waals surface area contributed by atoms with Gasteiger partial charge in [0, 0.05) is 5.56 Å². The third-order valence-electron chi connectivity index (χ3n) is 1.50. The van der Waals surface area contributed by atoms with Gasteiger partial charge in [0.25, 0.3) is 0 Å². The van der Waals surface area contributed by atoms with Crippen LogP contribution in [-0.2, 0) is 11.2 Å². The van der Waals surface area contributed by atoms with Crippen LogP contribution in [0, 0.1) is 0 Å². The van der Waals surface area contributed by atoms with E-state index in [1.165, 1.54) is 13.4 Å². The van der Waals surface area contributed by atoms with Crippen molar-refractivity contribution >= 4 is 5.97 Å².